The molecule has 1 aromatic heterocycles. The first-order chi connectivity index (χ1) is 12.5. The van der Waals surface area contributed by atoms with Crippen molar-refractivity contribution >= 4 is 16.8 Å². The Bertz CT molecular complexity index is 906. The summed E-state index contributed by atoms with van der Waals surface area (Å²) in [6, 6.07) is 13.5. The van der Waals surface area contributed by atoms with Crippen LogP contribution < -0.4 is 14.8 Å². The van der Waals surface area contributed by atoms with Crippen molar-refractivity contribution in [2.75, 3.05) is 20.8 Å². The minimum atomic E-state index is -0.246. The number of methoxy groups -OCH3 is 2. The summed E-state index contributed by atoms with van der Waals surface area (Å²) in [5, 5.41) is 4.20. The Labute approximate surface area is 153 Å². The monoisotopic (exact) mass is 352 g/mol. The molecular weight excluding hydrogens is 328 g/mol. The highest BCUT2D eigenvalue weighted by Gasteiger charge is 2.26. The molecule has 2 aromatic carbocycles. The number of benzene rings is 2. The number of aromatic nitrogens is 1. The number of para-hydroxylation sites is 1. The molecule has 5 nitrogen and oxygen atoms in total. The van der Waals surface area contributed by atoms with Crippen molar-refractivity contribution in [3.05, 3.63) is 59.8 Å². The lowest BCUT2D eigenvalue weighted by Crippen LogP contribution is -2.36. The van der Waals surface area contributed by atoms with E-state index in [0.717, 1.165) is 5.52 Å². The lowest BCUT2D eigenvalue weighted by Gasteiger charge is -2.25. The minimum absolute atomic E-state index is 0.216. The quantitative estimate of drug-likeness (QED) is 0.707. The van der Waals surface area contributed by atoms with E-state index in [4.69, 9.17) is 9.47 Å². The number of aromatic amines is 1. The molecular formula is C21H24N2O3. The van der Waals surface area contributed by atoms with Gasteiger partial charge in [0.15, 0.2) is 0 Å². The minimum Gasteiger partial charge on any atom is -0.496 e. The van der Waals surface area contributed by atoms with Gasteiger partial charge in [-0.05, 0) is 23.8 Å². The second-order valence-electron chi connectivity index (χ2n) is 6.85. The molecule has 0 fully saturated rings. The number of nitrogens with one attached hydrogen (secondary N) is 2. The topological polar surface area (TPSA) is 63.4 Å². The van der Waals surface area contributed by atoms with Gasteiger partial charge in [-0.1, -0.05) is 38.1 Å². The fourth-order valence-electron chi connectivity index (χ4n) is 3.19. The van der Waals surface area contributed by atoms with Gasteiger partial charge in [0.1, 0.15) is 17.1 Å². The number of amides is 1. The van der Waals surface area contributed by atoms with Crippen molar-refractivity contribution in [1.29, 1.82) is 0 Å². The number of rotatable bonds is 6. The van der Waals surface area contributed by atoms with E-state index in [1.807, 2.05) is 24.4 Å². The van der Waals surface area contributed by atoms with Gasteiger partial charge in [0.25, 0.3) is 5.91 Å². The first-order valence-electron chi connectivity index (χ1n) is 8.53. The van der Waals surface area contributed by atoms with Crippen molar-refractivity contribution in [3.8, 4) is 11.5 Å². The van der Waals surface area contributed by atoms with Gasteiger partial charge in [0.05, 0.1) is 14.2 Å². The number of carbonyl (C=O) groups is 1. The predicted octanol–water partition coefficient (Wildman–Crippen LogP) is 3.89. The SMILES string of the molecule is COc1cccc(OC)c1C(=O)NCC(C)(C)c1c[nH]c2ccccc12. The van der Waals surface area contributed by atoms with Gasteiger partial charge in [-0.3, -0.25) is 4.79 Å². The molecule has 1 heterocycles. The van der Waals surface area contributed by atoms with Crippen molar-refractivity contribution in [3.63, 3.8) is 0 Å². The molecule has 3 rings (SSSR count). The highest BCUT2D eigenvalue weighted by Crippen LogP contribution is 2.31. The van der Waals surface area contributed by atoms with E-state index in [0.29, 0.717) is 23.6 Å². The van der Waals surface area contributed by atoms with Gasteiger partial charge in [0.2, 0.25) is 0 Å². The summed E-state index contributed by atoms with van der Waals surface area (Å²) in [5.74, 6) is 0.769. The smallest absolute Gasteiger partial charge is 0.258 e. The van der Waals surface area contributed by atoms with Gasteiger partial charge >= 0.3 is 0 Å². The van der Waals surface area contributed by atoms with E-state index in [1.165, 1.54) is 10.9 Å². The Morgan fingerprint density at radius 1 is 1.04 bits per heavy atom. The Morgan fingerprint density at radius 2 is 1.69 bits per heavy atom. The van der Waals surface area contributed by atoms with Crippen LogP contribution in [0.5, 0.6) is 11.5 Å². The average molecular weight is 352 g/mol. The second-order valence-corrected chi connectivity index (χ2v) is 6.85. The fraction of sp³-hybridized carbons (Fsp3) is 0.286. The molecule has 0 radical (unpaired) electrons. The third-order valence-electron chi connectivity index (χ3n) is 4.66. The zero-order valence-electron chi connectivity index (χ0n) is 15.6. The van der Waals surface area contributed by atoms with Gasteiger partial charge < -0.3 is 19.8 Å². The number of fused-ring (bicyclic) bond motifs is 1. The lowest BCUT2D eigenvalue weighted by molar-refractivity contribution is 0.0939. The number of hydrogen-bond donors (Lipinski definition) is 2. The molecule has 0 aliphatic rings. The zero-order chi connectivity index (χ0) is 18.7. The molecule has 0 bridgehead atoms. The van der Waals surface area contributed by atoms with Crippen molar-refractivity contribution in [1.82, 2.24) is 10.3 Å². The van der Waals surface area contributed by atoms with E-state index >= 15 is 0 Å². The molecule has 0 unspecified atom stereocenters. The summed E-state index contributed by atoms with van der Waals surface area (Å²) >= 11 is 0. The van der Waals surface area contributed by atoms with E-state index < -0.39 is 0 Å². The number of carbonyl (C=O) groups excluding carboxylic acids is 1. The summed E-state index contributed by atoms with van der Waals surface area (Å²) in [4.78, 5) is 16.1. The molecule has 26 heavy (non-hydrogen) atoms. The van der Waals surface area contributed by atoms with Gasteiger partial charge in [0, 0.05) is 29.1 Å². The van der Waals surface area contributed by atoms with Gasteiger partial charge in [-0.2, -0.15) is 0 Å². The Balaban J connectivity index is 1.83. The fourth-order valence-corrected chi connectivity index (χ4v) is 3.19. The van der Waals surface area contributed by atoms with Crippen LogP contribution in [0.4, 0.5) is 0 Å². The molecule has 0 saturated heterocycles. The van der Waals surface area contributed by atoms with Crippen LogP contribution in [-0.2, 0) is 5.41 Å². The first-order valence-corrected chi connectivity index (χ1v) is 8.53. The molecule has 0 saturated carbocycles. The third-order valence-corrected chi connectivity index (χ3v) is 4.66. The largest absolute Gasteiger partial charge is 0.496 e. The molecule has 1 amide bonds. The average Bonchev–Trinajstić information content (AvgIpc) is 3.10. The van der Waals surface area contributed by atoms with E-state index in [-0.39, 0.29) is 11.3 Å². The second kappa shape index (κ2) is 7.12. The van der Waals surface area contributed by atoms with Crippen LogP contribution in [-0.4, -0.2) is 31.7 Å². The lowest BCUT2D eigenvalue weighted by atomic mass is 9.84. The normalized spacial score (nSPS) is 11.4. The Hall–Kier alpha value is -2.95. The zero-order valence-corrected chi connectivity index (χ0v) is 15.6. The summed E-state index contributed by atoms with van der Waals surface area (Å²) in [7, 11) is 3.09. The molecule has 0 aliphatic heterocycles. The maximum Gasteiger partial charge on any atom is 0.258 e. The van der Waals surface area contributed by atoms with Crippen LogP contribution in [0.3, 0.4) is 0 Å². The van der Waals surface area contributed by atoms with Crippen molar-refractivity contribution < 1.29 is 14.3 Å². The number of H-pyrrole nitrogens is 1. The summed E-state index contributed by atoms with van der Waals surface area (Å²) in [6.45, 7) is 4.71. The highest BCUT2D eigenvalue weighted by molar-refractivity contribution is 5.99. The van der Waals surface area contributed by atoms with Crippen molar-refractivity contribution in [2.24, 2.45) is 0 Å². The van der Waals surface area contributed by atoms with Gasteiger partial charge in [-0.15, -0.1) is 0 Å². The Morgan fingerprint density at radius 3 is 2.35 bits per heavy atom. The van der Waals surface area contributed by atoms with E-state index in [2.05, 4.69) is 30.2 Å². The molecule has 0 spiro atoms. The first kappa shape index (κ1) is 17.9. The van der Waals surface area contributed by atoms with E-state index in [9.17, 15) is 4.79 Å². The van der Waals surface area contributed by atoms with Crippen LogP contribution in [0.1, 0.15) is 29.8 Å². The van der Waals surface area contributed by atoms with Crippen LogP contribution in [0.15, 0.2) is 48.7 Å². The maximum absolute atomic E-state index is 12.8. The molecule has 5 heteroatoms. The molecule has 3 aromatic rings. The molecule has 0 aliphatic carbocycles. The Kier molecular flexibility index (Phi) is 4.89. The third kappa shape index (κ3) is 3.25. The summed E-state index contributed by atoms with van der Waals surface area (Å²) < 4.78 is 10.6. The van der Waals surface area contributed by atoms with Gasteiger partial charge in [-0.25, -0.2) is 0 Å². The van der Waals surface area contributed by atoms with Crippen molar-refractivity contribution in [2.45, 2.75) is 19.3 Å². The summed E-state index contributed by atoms with van der Waals surface area (Å²) in [6.07, 6.45) is 2.01. The van der Waals surface area contributed by atoms with E-state index in [1.54, 1.807) is 32.4 Å². The molecule has 0 atom stereocenters. The van der Waals surface area contributed by atoms with Crippen LogP contribution in [0.25, 0.3) is 10.9 Å². The van der Waals surface area contributed by atoms with Crippen LogP contribution in [0, 0.1) is 0 Å². The highest BCUT2D eigenvalue weighted by atomic mass is 16.5. The number of ether oxygens (including phenoxy) is 2. The maximum atomic E-state index is 12.8. The summed E-state index contributed by atoms with van der Waals surface area (Å²) in [5.41, 5.74) is 2.42. The van der Waals surface area contributed by atoms with Crippen LogP contribution in [0.2, 0.25) is 0 Å². The number of hydrogen-bond acceptors (Lipinski definition) is 3. The van der Waals surface area contributed by atoms with Crippen LogP contribution >= 0.6 is 0 Å². The standard InChI is InChI=1S/C21H24N2O3/c1-21(2,15-12-22-16-9-6-5-8-14(15)16)13-23-20(24)19-17(25-3)10-7-11-18(19)26-4/h5-12,22H,13H2,1-4H3,(H,23,24). The molecule has 2 N–H and O–H groups in total. The predicted molar refractivity (Wildman–Crippen MR) is 103 cm³/mol. The molecule has 136 valence electrons.